The molecule has 0 aromatic heterocycles. The summed E-state index contributed by atoms with van der Waals surface area (Å²) in [5.74, 6) is 0.358. The van der Waals surface area contributed by atoms with Crippen LogP contribution in [0.25, 0.3) is 0 Å². The summed E-state index contributed by atoms with van der Waals surface area (Å²) in [4.78, 5) is 30.3. The van der Waals surface area contributed by atoms with Crippen molar-refractivity contribution in [2.24, 2.45) is 5.92 Å². The lowest BCUT2D eigenvalue weighted by Crippen LogP contribution is -2.53. The van der Waals surface area contributed by atoms with Crippen LogP contribution in [0.1, 0.15) is 37.2 Å². The van der Waals surface area contributed by atoms with Crippen molar-refractivity contribution in [1.82, 2.24) is 15.5 Å². The number of ether oxygens (including phenoxy) is 3. The van der Waals surface area contributed by atoms with Gasteiger partial charge < -0.3 is 34.6 Å². The van der Waals surface area contributed by atoms with Crippen molar-refractivity contribution in [3.8, 4) is 0 Å². The first kappa shape index (κ1) is 25.7. The first-order valence-electron chi connectivity index (χ1n) is 12.9. The molecule has 3 atom stereocenters. The lowest BCUT2D eigenvalue weighted by atomic mass is 9.93. The number of amides is 2. The summed E-state index contributed by atoms with van der Waals surface area (Å²) in [6, 6.07) is 8.81. The lowest BCUT2D eigenvalue weighted by molar-refractivity contribution is -0.137. The van der Waals surface area contributed by atoms with Crippen LogP contribution in [0, 0.1) is 5.92 Å². The molecule has 2 aliphatic heterocycles. The van der Waals surface area contributed by atoms with E-state index in [-0.39, 0.29) is 24.5 Å². The van der Waals surface area contributed by atoms with E-state index in [0.717, 1.165) is 45.5 Å². The van der Waals surface area contributed by atoms with Gasteiger partial charge in [0.05, 0.1) is 12.5 Å². The number of nitrogens with zero attached hydrogens (tertiary/aromatic N) is 2. The maximum Gasteiger partial charge on any atom is 0.407 e. The third kappa shape index (κ3) is 6.86. The Morgan fingerprint density at radius 2 is 1.91 bits per heavy atom. The smallest absolute Gasteiger partial charge is 0.407 e. The molecule has 9 nitrogen and oxygen atoms in total. The normalized spacial score (nSPS) is 23.6. The molecule has 4 rings (SSSR count). The number of piperidine rings is 1. The van der Waals surface area contributed by atoms with Gasteiger partial charge in [-0.25, -0.2) is 4.79 Å². The first-order valence-corrected chi connectivity index (χ1v) is 12.9. The molecule has 1 aliphatic carbocycles. The molecular formula is C26H40N4O5. The average Bonchev–Trinajstić information content (AvgIpc) is 3.65. The molecule has 194 valence electrons. The number of hydrogen-bond acceptors (Lipinski definition) is 7. The van der Waals surface area contributed by atoms with Crippen molar-refractivity contribution in [3.63, 3.8) is 0 Å². The predicted octanol–water partition coefficient (Wildman–Crippen LogP) is 1.97. The summed E-state index contributed by atoms with van der Waals surface area (Å²) in [6.07, 6.45) is 3.30. The molecule has 1 aromatic carbocycles. The van der Waals surface area contributed by atoms with Crippen LogP contribution in [-0.2, 0) is 19.0 Å². The van der Waals surface area contributed by atoms with E-state index in [1.165, 1.54) is 11.3 Å². The molecule has 2 fully saturated rings. The minimum Gasteiger partial charge on any atom is -0.447 e. The van der Waals surface area contributed by atoms with Crippen molar-refractivity contribution >= 4 is 17.7 Å². The van der Waals surface area contributed by atoms with Crippen molar-refractivity contribution < 1.29 is 23.8 Å². The Balaban J connectivity index is 1.36. The number of para-hydroxylation sites is 1. The number of fused-ring (bicyclic) bond motifs is 1. The van der Waals surface area contributed by atoms with Gasteiger partial charge in [0.15, 0.2) is 0 Å². The number of alkyl carbamates (subject to hydrolysis) is 1. The van der Waals surface area contributed by atoms with Gasteiger partial charge in [0.2, 0.25) is 5.91 Å². The van der Waals surface area contributed by atoms with Gasteiger partial charge in [0.1, 0.15) is 6.61 Å². The highest BCUT2D eigenvalue weighted by Gasteiger charge is 2.40. The number of anilines is 1. The van der Waals surface area contributed by atoms with E-state index < -0.39 is 6.09 Å². The third-order valence-corrected chi connectivity index (χ3v) is 7.16. The van der Waals surface area contributed by atoms with Crippen molar-refractivity contribution in [1.29, 1.82) is 0 Å². The van der Waals surface area contributed by atoms with Crippen molar-refractivity contribution in [2.75, 3.05) is 71.7 Å². The van der Waals surface area contributed by atoms with Gasteiger partial charge in [0, 0.05) is 77.2 Å². The van der Waals surface area contributed by atoms with Crippen LogP contribution >= 0.6 is 0 Å². The van der Waals surface area contributed by atoms with Gasteiger partial charge in [-0.1, -0.05) is 18.2 Å². The number of carbonyl (C=O) groups is 2. The van der Waals surface area contributed by atoms with Gasteiger partial charge in [-0.15, -0.1) is 0 Å². The van der Waals surface area contributed by atoms with Crippen LogP contribution in [0.4, 0.5) is 10.5 Å². The molecule has 2 N–H and O–H groups in total. The van der Waals surface area contributed by atoms with E-state index in [2.05, 4.69) is 44.7 Å². The summed E-state index contributed by atoms with van der Waals surface area (Å²) in [5.41, 5.74) is 2.62. The molecule has 0 bridgehead atoms. The second-order valence-electron chi connectivity index (χ2n) is 9.83. The molecule has 1 aromatic rings. The largest absolute Gasteiger partial charge is 0.447 e. The molecule has 2 heterocycles. The van der Waals surface area contributed by atoms with E-state index in [1.807, 2.05) is 0 Å². The Bertz CT molecular complexity index is 849. The zero-order valence-corrected chi connectivity index (χ0v) is 21.0. The van der Waals surface area contributed by atoms with Crippen molar-refractivity contribution in [3.05, 3.63) is 29.8 Å². The molecule has 1 unspecified atom stereocenters. The fourth-order valence-corrected chi connectivity index (χ4v) is 5.29. The second-order valence-corrected chi connectivity index (χ2v) is 9.83. The Kier molecular flexibility index (Phi) is 9.23. The highest BCUT2D eigenvalue weighted by Crippen LogP contribution is 2.39. The Labute approximate surface area is 208 Å². The Morgan fingerprint density at radius 3 is 2.69 bits per heavy atom. The fourth-order valence-electron chi connectivity index (χ4n) is 5.29. The molecular weight excluding hydrogens is 448 g/mol. The van der Waals surface area contributed by atoms with Crippen LogP contribution in [0.5, 0.6) is 0 Å². The summed E-state index contributed by atoms with van der Waals surface area (Å²) < 4.78 is 15.3. The quantitative estimate of drug-likeness (QED) is 0.435. The number of methoxy groups -OCH3 is 2. The SMILES string of the molecule is COCCCN1CC(CN(C(=O)[C@@H]2CNC[C@H](NC(=O)OCCOC)C2)C2CC2)c2ccccc21. The number of hydrogen-bond donors (Lipinski definition) is 2. The Hall–Kier alpha value is -2.36. The van der Waals surface area contributed by atoms with Crippen LogP contribution in [0.3, 0.4) is 0 Å². The zero-order chi connectivity index (χ0) is 24.6. The van der Waals surface area contributed by atoms with Crippen LogP contribution in [-0.4, -0.2) is 95.7 Å². The molecule has 0 radical (unpaired) electrons. The average molecular weight is 489 g/mol. The monoisotopic (exact) mass is 488 g/mol. The van der Waals surface area contributed by atoms with Crippen LogP contribution in [0.2, 0.25) is 0 Å². The molecule has 1 saturated carbocycles. The molecule has 35 heavy (non-hydrogen) atoms. The minimum atomic E-state index is -0.461. The molecule has 3 aliphatic rings. The molecule has 1 saturated heterocycles. The number of nitrogens with one attached hydrogen (secondary N) is 2. The predicted molar refractivity (Wildman–Crippen MR) is 134 cm³/mol. The van der Waals surface area contributed by atoms with E-state index in [4.69, 9.17) is 14.2 Å². The fraction of sp³-hybridized carbons (Fsp3) is 0.692. The minimum absolute atomic E-state index is 0.128. The van der Waals surface area contributed by atoms with E-state index in [0.29, 0.717) is 38.1 Å². The van der Waals surface area contributed by atoms with Crippen LogP contribution in [0.15, 0.2) is 24.3 Å². The van der Waals surface area contributed by atoms with Gasteiger partial charge in [-0.05, 0) is 37.3 Å². The number of carbonyl (C=O) groups excluding carboxylic acids is 2. The van der Waals surface area contributed by atoms with Gasteiger partial charge in [-0.2, -0.15) is 0 Å². The summed E-state index contributed by atoms with van der Waals surface area (Å²) >= 11 is 0. The van der Waals surface area contributed by atoms with E-state index in [1.54, 1.807) is 14.2 Å². The van der Waals surface area contributed by atoms with Gasteiger partial charge >= 0.3 is 6.09 Å². The standard InChI is InChI=1S/C26H40N4O5/c1-33-11-5-10-29-17-20(23-6-3-4-7-24(23)29)18-30(22-8-9-22)25(31)19-14-21(16-27-15-19)28-26(32)35-13-12-34-2/h3-4,6-7,19-22,27H,5,8-18H2,1-2H3,(H,28,32)/t19-,20?,21+/m0/s1. The number of benzene rings is 1. The van der Waals surface area contributed by atoms with Crippen LogP contribution < -0.4 is 15.5 Å². The maximum atomic E-state index is 13.7. The summed E-state index contributed by atoms with van der Waals surface area (Å²) in [5, 5.41) is 6.23. The summed E-state index contributed by atoms with van der Waals surface area (Å²) in [7, 11) is 3.31. The zero-order valence-electron chi connectivity index (χ0n) is 21.0. The highest BCUT2D eigenvalue weighted by atomic mass is 16.6. The third-order valence-electron chi connectivity index (χ3n) is 7.16. The van der Waals surface area contributed by atoms with Crippen molar-refractivity contribution in [2.45, 2.75) is 43.7 Å². The highest BCUT2D eigenvalue weighted by molar-refractivity contribution is 5.80. The summed E-state index contributed by atoms with van der Waals surface area (Å²) in [6.45, 7) is 5.24. The topological polar surface area (TPSA) is 92.4 Å². The van der Waals surface area contributed by atoms with Gasteiger partial charge in [-0.3, -0.25) is 4.79 Å². The van der Waals surface area contributed by atoms with E-state index in [9.17, 15) is 9.59 Å². The van der Waals surface area contributed by atoms with E-state index >= 15 is 0 Å². The van der Waals surface area contributed by atoms with Gasteiger partial charge in [0.25, 0.3) is 0 Å². The molecule has 0 spiro atoms. The first-order chi connectivity index (χ1) is 17.1. The second kappa shape index (κ2) is 12.6. The molecule has 9 heteroatoms. The number of rotatable bonds is 12. The maximum absolute atomic E-state index is 13.7. The Morgan fingerprint density at radius 1 is 1.11 bits per heavy atom. The molecule has 2 amide bonds. The lowest BCUT2D eigenvalue weighted by Gasteiger charge is -2.34.